The van der Waals surface area contributed by atoms with Crippen LogP contribution in [0.5, 0.6) is 0 Å². The first kappa shape index (κ1) is 9.21. The zero-order valence-corrected chi connectivity index (χ0v) is 8.29. The fourth-order valence-electron chi connectivity index (χ4n) is 2.15. The molecule has 0 N–H and O–H groups in total. The van der Waals surface area contributed by atoms with Crippen LogP contribution in [-0.4, -0.2) is 4.98 Å². The first-order chi connectivity index (χ1) is 6.92. The summed E-state index contributed by atoms with van der Waals surface area (Å²) in [6.07, 6.45) is 10.4. The molecule has 14 heavy (non-hydrogen) atoms. The van der Waals surface area contributed by atoms with Gasteiger partial charge in [0.2, 0.25) is 0 Å². The van der Waals surface area contributed by atoms with Gasteiger partial charge in [0.05, 0.1) is 12.5 Å². The van der Waals surface area contributed by atoms with Crippen LogP contribution in [0.2, 0.25) is 0 Å². The largest absolute Gasteiger partial charge is 0.264 e. The summed E-state index contributed by atoms with van der Waals surface area (Å²) < 4.78 is 0. The molecule has 1 aromatic heterocycles. The molecular formula is C12H14N2. The van der Waals surface area contributed by atoms with Crippen molar-refractivity contribution in [3.8, 4) is 6.07 Å². The van der Waals surface area contributed by atoms with Gasteiger partial charge in [0.25, 0.3) is 0 Å². The molecular weight excluding hydrogens is 172 g/mol. The van der Waals surface area contributed by atoms with Crippen LogP contribution in [0.15, 0.2) is 12.4 Å². The molecule has 2 heteroatoms. The number of aromatic nitrogens is 1. The van der Waals surface area contributed by atoms with E-state index in [1.54, 1.807) is 0 Å². The highest BCUT2D eigenvalue weighted by molar-refractivity contribution is 5.34. The van der Waals surface area contributed by atoms with E-state index in [2.05, 4.69) is 11.1 Å². The Hall–Kier alpha value is -1.36. The zero-order valence-electron chi connectivity index (χ0n) is 8.29. The molecule has 0 bridgehead atoms. The molecule has 1 aliphatic carbocycles. The Kier molecular flexibility index (Phi) is 2.78. The summed E-state index contributed by atoms with van der Waals surface area (Å²) >= 11 is 0. The van der Waals surface area contributed by atoms with Gasteiger partial charge < -0.3 is 0 Å². The van der Waals surface area contributed by atoms with Gasteiger partial charge in [-0.2, -0.15) is 5.26 Å². The fourth-order valence-corrected chi connectivity index (χ4v) is 2.15. The molecule has 1 aromatic rings. The van der Waals surface area contributed by atoms with Crippen LogP contribution in [0.1, 0.15) is 36.0 Å². The van der Waals surface area contributed by atoms with Gasteiger partial charge >= 0.3 is 0 Å². The molecule has 0 spiro atoms. The lowest BCUT2D eigenvalue weighted by Gasteiger charge is -2.08. The van der Waals surface area contributed by atoms with Gasteiger partial charge in [0, 0.05) is 12.4 Å². The smallest absolute Gasteiger partial charge is 0.0670 e. The van der Waals surface area contributed by atoms with Gasteiger partial charge in [-0.05, 0) is 42.4 Å². The summed E-state index contributed by atoms with van der Waals surface area (Å²) in [7, 11) is 0. The van der Waals surface area contributed by atoms with Crippen LogP contribution in [0.25, 0.3) is 0 Å². The van der Waals surface area contributed by atoms with Crippen LogP contribution < -0.4 is 0 Å². The second-order valence-corrected chi connectivity index (χ2v) is 3.83. The minimum absolute atomic E-state index is 0.510. The zero-order chi connectivity index (χ0) is 9.80. The van der Waals surface area contributed by atoms with Gasteiger partial charge in [0.15, 0.2) is 0 Å². The maximum atomic E-state index is 8.71. The predicted molar refractivity (Wildman–Crippen MR) is 54.8 cm³/mol. The number of hydrogen-bond acceptors (Lipinski definition) is 2. The van der Waals surface area contributed by atoms with E-state index in [0.717, 1.165) is 18.4 Å². The monoisotopic (exact) mass is 186 g/mol. The Morgan fingerprint density at radius 2 is 2.07 bits per heavy atom. The van der Waals surface area contributed by atoms with Crippen LogP contribution in [0, 0.1) is 11.3 Å². The molecule has 0 unspecified atom stereocenters. The highest BCUT2D eigenvalue weighted by Crippen LogP contribution is 2.22. The van der Waals surface area contributed by atoms with Crippen molar-refractivity contribution < 1.29 is 0 Å². The lowest BCUT2D eigenvalue weighted by atomic mass is 9.99. The van der Waals surface area contributed by atoms with Crippen LogP contribution in [0.3, 0.4) is 0 Å². The molecule has 0 saturated carbocycles. The maximum Gasteiger partial charge on any atom is 0.0670 e. The average Bonchev–Trinajstić information content (AvgIpc) is 2.44. The number of nitrogens with zero attached hydrogens (tertiary/aromatic N) is 2. The molecule has 2 nitrogen and oxygen atoms in total. The molecule has 0 fully saturated rings. The van der Waals surface area contributed by atoms with Crippen LogP contribution in [0.4, 0.5) is 0 Å². The van der Waals surface area contributed by atoms with Gasteiger partial charge in [-0.1, -0.05) is 6.42 Å². The number of pyridine rings is 1. The van der Waals surface area contributed by atoms with E-state index >= 15 is 0 Å². The summed E-state index contributed by atoms with van der Waals surface area (Å²) in [5.41, 5.74) is 3.92. The van der Waals surface area contributed by atoms with E-state index in [9.17, 15) is 0 Å². The molecule has 1 heterocycles. The summed E-state index contributed by atoms with van der Waals surface area (Å²) in [6.45, 7) is 0. The van der Waals surface area contributed by atoms with Crippen molar-refractivity contribution in [1.82, 2.24) is 4.98 Å². The first-order valence-electron chi connectivity index (χ1n) is 5.23. The van der Waals surface area contributed by atoms with E-state index in [4.69, 9.17) is 5.26 Å². The van der Waals surface area contributed by atoms with Crippen LogP contribution in [-0.2, 0) is 19.3 Å². The SMILES string of the molecule is N#CCc1cncc2c1CCCCC2. The number of hydrogen-bond donors (Lipinski definition) is 0. The van der Waals surface area contributed by atoms with Crippen molar-refractivity contribution in [3.63, 3.8) is 0 Å². The molecule has 0 amide bonds. The third-order valence-electron chi connectivity index (χ3n) is 2.88. The lowest BCUT2D eigenvalue weighted by molar-refractivity contribution is 0.711. The minimum Gasteiger partial charge on any atom is -0.264 e. The number of fused-ring (bicyclic) bond motifs is 1. The molecule has 1 aliphatic rings. The summed E-state index contributed by atoms with van der Waals surface area (Å²) in [5.74, 6) is 0. The van der Waals surface area contributed by atoms with Crippen LogP contribution >= 0.6 is 0 Å². The van der Waals surface area contributed by atoms with Gasteiger partial charge in [-0.3, -0.25) is 4.98 Å². The number of nitriles is 1. The lowest BCUT2D eigenvalue weighted by Crippen LogP contribution is -1.99. The van der Waals surface area contributed by atoms with Crippen molar-refractivity contribution in [2.45, 2.75) is 38.5 Å². The molecule has 2 rings (SSSR count). The first-order valence-corrected chi connectivity index (χ1v) is 5.23. The molecule has 0 aliphatic heterocycles. The Balaban J connectivity index is 2.38. The Morgan fingerprint density at radius 3 is 2.93 bits per heavy atom. The quantitative estimate of drug-likeness (QED) is 0.631. The molecule has 0 aromatic carbocycles. The standard InChI is InChI=1S/C12H14N2/c13-7-6-11-9-14-8-10-4-2-1-3-5-12(10)11/h8-9H,1-6H2. The number of rotatable bonds is 1. The Labute approximate surface area is 84.6 Å². The molecule has 72 valence electrons. The average molecular weight is 186 g/mol. The van der Waals surface area contributed by atoms with Crippen molar-refractivity contribution in [1.29, 1.82) is 5.26 Å². The third-order valence-corrected chi connectivity index (χ3v) is 2.88. The minimum atomic E-state index is 0.510. The number of aryl methyl sites for hydroxylation is 1. The Bertz CT molecular complexity index is 363. The molecule has 0 atom stereocenters. The summed E-state index contributed by atoms with van der Waals surface area (Å²) in [4.78, 5) is 4.21. The van der Waals surface area contributed by atoms with E-state index in [1.165, 1.54) is 30.4 Å². The van der Waals surface area contributed by atoms with Gasteiger partial charge in [-0.25, -0.2) is 0 Å². The van der Waals surface area contributed by atoms with Crippen molar-refractivity contribution >= 4 is 0 Å². The molecule has 0 radical (unpaired) electrons. The normalized spacial score (nSPS) is 15.4. The third kappa shape index (κ3) is 1.77. The van der Waals surface area contributed by atoms with E-state index in [-0.39, 0.29) is 0 Å². The maximum absolute atomic E-state index is 8.71. The summed E-state index contributed by atoms with van der Waals surface area (Å²) in [5, 5.41) is 8.71. The van der Waals surface area contributed by atoms with E-state index in [1.807, 2.05) is 12.4 Å². The fraction of sp³-hybridized carbons (Fsp3) is 0.500. The second kappa shape index (κ2) is 4.23. The summed E-state index contributed by atoms with van der Waals surface area (Å²) in [6, 6.07) is 2.21. The second-order valence-electron chi connectivity index (χ2n) is 3.83. The highest BCUT2D eigenvalue weighted by atomic mass is 14.6. The highest BCUT2D eigenvalue weighted by Gasteiger charge is 2.11. The van der Waals surface area contributed by atoms with Gasteiger partial charge in [0.1, 0.15) is 0 Å². The van der Waals surface area contributed by atoms with Gasteiger partial charge in [-0.15, -0.1) is 0 Å². The van der Waals surface area contributed by atoms with E-state index < -0.39 is 0 Å². The van der Waals surface area contributed by atoms with Crippen molar-refractivity contribution in [2.24, 2.45) is 0 Å². The van der Waals surface area contributed by atoms with Crippen molar-refractivity contribution in [3.05, 3.63) is 29.1 Å². The topological polar surface area (TPSA) is 36.7 Å². The predicted octanol–water partition coefficient (Wildman–Crippen LogP) is 2.42. The van der Waals surface area contributed by atoms with Crippen molar-refractivity contribution in [2.75, 3.05) is 0 Å². The van der Waals surface area contributed by atoms with E-state index in [0.29, 0.717) is 6.42 Å². The molecule has 0 saturated heterocycles. The Morgan fingerprint density at radius 1 is 1.21 bits per heavy atom.